The zero-order valence-electron chi connectivity index (χ0n) is 8.84. The number of rotatable bonds is 6. The molecule has 0 aliphatic carbocycles. The van der Waals surface area contributed by atoms with Crippen molar-refractivity contribution in [2.24, 2.45) is 5.92 Å². The minimum atomic E-state index is -0.402. The van der Waals surface area contributed by atoms with Gasteiger partial charge in [0.05, 0.1) is 6.10 Å². The first-order chi connectivity index (χ1) is 6.06. The molecule has 0 radical (unpaired) electrons. The highest BCUT2D eigenvalue weighted by Gasteiger charge is 2.07. The normalized spacial score (nSPS) is 13.0. The van der Waals surface area contributed by atoms with E-state index in [1.54, 1.807) is 0 Å². The van der Waals surface area contributed by atoms with E-state index in [4.69, 9.17) is 0 Å². The van der Waals surface area contributed by atoms with Gasteiger partial charge < -0.3 is 10.4 Å². The number of aliphatic hydroxyl groups excluding tert-OH is 1. The highest BCUT2D eigenvalue weighted by molar-refractivity contribution is 5.75. The third-order valence-corrected chi connectivity index (χ3v) is 1.76. The number of amides is 1. The molecule has 1 amide bonds. The van der Waals surface area contributed by atoms with Crippen molar-refractivity contribution in [1.82, 2.24) is 5.32 Å². The Hall–Kier alpha value is -0.570. The Labute approximate surface area is 80.5 Å². The van der Waals surface area contributed by atoms with Crippen LogP contribution >= 0.6 is 0 Å². The number of carbonyl (C=O) groups excluding carboxylic acids is 1. The van der Waals surface area contributed by atoms with Crippen LogP contribution in [-0.4, -0.2) is 23.7 Å². The second-order valence-electron chi connectivity index (χ2n) is 3.84. The smallest absolute Gasteiger partial charge is 0.220 e. The summed E-state index contributed by atoms with van der Waals surface area (Å²) in [6, 6.07) is 0. The summed E-state index contributed by atoms with van der Waals surface area (Å²) in [4.78, 5) is 11.0. The van der Waals surface area contributed by atoms with Crippen LogP contribution in [0.15, 0.2) is 0 Å². The van der Waals surface area contributed by atoms with Crippen LogP contribution in [0.5, 0.6) is 0 Å². The first-order valence-electron chi connectivity index (χ1n) is 5.01. The van der Waals surface area contributed by atoms with E-state index in [2.05, 4.69) is 19.2 Å². The zero-order chi connectivity index (χ0) is 10.3. The molecule has 2 N–H and O–H groups in total. The minimum absolute atomic E-state index is 0.0327. The summed E-state index contributed by atoms with van der Waals surface area (Å²) < 4.78 is 0. The minimum Gasteiger partial charge on any atom is -0.391 e. The molecule has 0 aliphatic heterocycles. The van der Waals surface area contributed by atoms with Crippen molar-refractivity contribution in [3.8, 4) is 0 Å². The van der Waals surface area contributed by atoms with E-state index in [0.717, 1.165) is 12.8 Å². The lowest BCUT2D eigenvalue weighted by atomic mass is 10.1. The van der Waals surface area contributed by atoms with Gasteiger partial charge in [-0.1, -0.05) is 20.8 Å². The molecule has 0 fully saturated rings. The predicted molar refractivity (Wildman–Crippen MR) is 53.4 cm³/mol. The highest BCUT2D eigenvalue weighted by atomic mass is 16.3. The first kappa shape index (κ1) is 12.4. The highest BCUT2D eigenvalue weighted by Crippen LogP contribution is 2.03. The van der Waals surface area contributed by atoms with Crippen LogP contribution in [0, 0.1) is 5.92 Å². The van der Waals surface area contributed by atoms with Gasteiger partial charge in [-0.2, -0.15) is 0 Å². The maximum absolute atomic E-state index is 11.0. The summed E-state index contributed by atoms with van der Waals surface area (Å²) in [7, 11) is 0. The monoisotopic (exact) mass is 187 g/mol. The quantitative estimate of drug-likeness (QED) is 0.658. The van der Waals surface area contributed by atoms with Gasteiger partial charge in [0.25, 0.3) is 0 Å². The van der Waals surface area contributed by atoms with Gasteiger partial charge in [0.2, 0.25) is 5.91 Å². The third-order valence-electron chi connectivity index (χ3n) is 1.76. The maximum Gasteiger partial charge on any atom is 0.220 e. The van der Waals surface area contributed by atoms with Crippen LogP contribution in [0.25, 0.3) is 0 Å². The van der Waals surface area contributed by atoms with Crippen molar-refractivity contribution in [2.45, 2.75) is 46.1 Å². The zero-order valence-corrected chi connectivity index (χ0v) is 8.84. The fourth-order valence-corrected chi connectivity index (χ4v) is 1.17. The molecule has 78 valence electrons. The van der Waals surface area contributed by atoms with E-state index < -0.39 is 6.10 Å². The fourth-order valence-electron chi connectivity index (χ4n) is 1.17. The van der Waals surface area contributed by atoms with Gasteiger partial charge in [0.1, 0.15) is 0 Å². The summed E-state index contributed by atoms with van der Waals surface area (Å²) in [6.07, 6.45) is 1.74. The Morgan fingerprint density at radius 3 is 2.54 bits per heavy atom. The molecule has 0 rings (SSSR count). The summed E-state index contributed by atoms with van der Waals surface area (Å²) in [6.45, 7) is 6.45. The van der Waals surface area contributed by atoms with Gasteiger partial charge in [-0.15, -0.1) is 0 Å². The number of nitrogens with one attached hydrogen (secondary N) is 1. The van der Waals surface area contributed by atoms with Crippen molar-refractivity contribution in [1.29, 1.82) is 0 Å². The van der Waals surface area contributed by atoms with Crippen molar-refractivity contribution < 1.29 is 9.90 Å². The van der Waals surface area contributed by atoms with E-state index in [1.165, 1.54) is 0 Å². The van der Waals surface area contributed by atoms with Gasteiger partial charge in [-0.25, -0.2) is 0 Å². The fraction of sp³-hybridized carbons (Fsp3) is 0.900. The molecular weight excluding hydrogens is 166 g/mol. The van der Waals surface area contributed by atoms with Crippen LogP contribution in [0.2, 0.25) is 0 Å². The van der Waals surface area contributed by atoms with Crippen molar-refractivity contribution in [2.75, 3.05) is 6.54 Å². The van der Waals surface area contributed by atoms with Crippen molar-refractivity contribution in [3.63, 3.8) is 0 Å². The first-order valence-corrected chi connectivity index (χ1v) is 5.01. The van der Waals surface area contributed by atoms with E-state index in [9.17, 15) is 9.90 Å². The molecule has 0 saturated carbocycles. The average molecular weight is 187 g/mol. The summed E-state index contributed by atoms with van der Waals surface area (Å²) in [5.74, 6) is 0.503. The van der Waals surface area contributed by atoms with Crippen molar-refractivity contribution in [3.05, 3.63) is 0 Å². The predicted octanol–water partition coefficient (Wildman–Crippen LogP) is 1.31. The van der Waals surface area contributed by atoms with Gasteiger partial charge in [-0.05, 0) is 18.8 Å². The second-order valence-corrected chi connectivity index (χ2v) is 3.84. The van der Waals surface area contributed by atoms with E-state index in [-0.39, 0.29) is 5.91 Å². The van der Waals surface area contributed by atoms with Crippen LogP contribution in [0.4, 0.5) is 0 Å². The molecule has 3 heteroatoms. The molecule has 1 unspecified atom stereocenters. The van der Waals surface area contributed by atoms with Gasteiger partial charge in [0, 0.05) is 13.0 Å². The molecule has 0 bridgehead atoms. The van der Waals surface area contributed by atoms with Gasteiger partial charge >= 0.3 is 0 Å². The van der Waals surface area contributed by atoms with Crippen LogP contribution in [-0.2, 0) is 4.79 Å². The lowest BCUT2D eigenvalue weighted by Gasteiger charge is -2.13. The lowest BCUT2D eigenvalue weighted by Crippen LogP contribution is -2.32. The SMILES string of the molecule is CCCC(=O)NCC(O)CC(C)C. The molecule has 0 spiro atoms. The van der Waals surface area contributed by atoms with Crippen LogP contribution < -0.4 is 5.32 Å². The second kappa shape index (κ2) is 6.89. The Bertz CT molecular complexity index is 146. The Kier molecular flexibility index (Phi) is 6.59. The largest absolute Gasteiger partial charge is 0.391 e. The van der Waals surface area contributed by atoms with E-state index >= 15 is 0 Å². The van der Waals surface area contributed by atoms with Crippen LogP contribution in [0.1, 0.15) is 40.0 Å². The molecule has 0 saturated heterocycles. The van der Waals surface area contributed by atoms with Gasteiger partial charge in [-0.3, -0.25) is 4.79 Å². The Morgan fingerprint density at radius 1 is 1.46 bits per heavy atom. The molecule has 3 nitrogen and oxygen atoms in total. The molecule has 0 aromatic rings. The van der Waals surface area contributed by atoms with Crippen LogP contribution in [0.3, 0.4) is 0 Å². The Balaban J connectivity index is 3.45. The number of aliphatic hydroxyl groups is 1. The molecule has 0 aromatic heterocycles. The number of hydrogen-bond acceptors (Lipinski definition) is 2. The van der Waals surface area contributed by atoms with Crippen molar-refractivity contribution >= 4 is 5.91 Å². The number of hydrogen-bond donors (Lipinski definition) is 2. The topological polar surface area (TPSA) is 49.3 Å². The summed E-state index contributed by atoms with van der Waals surface area (Å²) in [5, 5.41) is 12.1. The van der Waals surface area contributed by atoms with E-state index in [0.29, 0.717) is 18.9 Å². The summed E-state index contributed by atoms with van der Waals surface area (Å²) >= 11 is 0. The molecule has 0 heterocycles. The molecule has 0 aromatic carbocycles. The van der Waals surface area contributed by atoms with E-state index in [1.807, 2.05) is 6.92 Å². The molecular formula is C10H21NO2. The molecule has 13 heavy (non-hydrogen) atoms. The molecule has 0 aliphatic rings. The number of carbonyl (C=O) groups is 1. The third kappa shape index (κ3) is 7.78. The standard InChI is InChI=1S/C10H21NO2/c1-4-5-10(13)11-7-9(12)6-8(2)3/h8-9,12H,4-7H2,1-3H3,(H,11,13). The average Bonchev–Trinajstić information content (AvgIpc) is 2.00. The summed E-state index contributed by atoms with van der Waals surface area (Å²) in [5.41, 5.74) is 0. The molecule has 1 atom stereocenters. The maximum atomic E-state index is 11.0. The Morgan fingerprint density at radius 2 is 2.08 bits per heavy atom. The lowest BCUT2D eigenvalue weighted by molar-refractivity contribution is -0.121. The van der Waals surface area contributed by atoms with Gasteiger partial charge in [0.15, 0.2) is 0 Å².